The van der Waals surface area contributed by atoms with Crippen LogP contribution in [0.3, 0.4) is 0 Å². The number of piperidine rings is 1. The standard InChI is InChI=1S/C25H40NO6/c1-5-26-11-23(12-29-2)7-6-19(27)25-15-8-14-17(31-4)10-24(28,16(22(25)26)9-18(23)25)20(15)21(14)32-13-30-3/h13-22,27-28H,5-12H2,1-4H3/q+1/t14-,15?,16?,17?,18?,19+,20?,21+,22-,23+,24+,25-/m1/s1. The van der Waals surface area contributed by atoms with E-state index in [2.05, 4.69) is 11.8 Å². The van der Waals surface area contributed by atoms with Gasteiger partial charge < -0.3 is 28.8 Å². The summed E-state index contributed by atoms with van der Waals surface area (Å²) in [5, 5.41) is 24.4. The van der Waals surface area contributed by atoms with Gasteiger partial charge in [-0.25, -0.2) is 0 Å². The van der Waals surface area contributed by atoms with E-state index in [0.717, 1.165) is 45.4 Å². The number of aliphatic hydroxyl groups excluding tert-OH is 1. The molecule has 7 bridgehead atoms. The van der Waals surface area contributed by atoms with Crippen LogP contribution in [-0.4, -0.2) is 92.6 Å². The van der Waals surface area contributed by atoms with Crippen LogP contribution in [0.4, 0.5) is 0 Å². The Morgan fingerprint density at radius 2 is 2.03 bits per heavy atom. The first kappa shape index (κ1) is 21.8. The van der Waals surface area contributed by atoms with E-state index in [4.69, 9.17) is 18.6 Å². The number of methoxy groups -OCH3 is 2. The number of ether oxygens (including phenoxy) is 3. The lowest BCUT2D eigenvalue weighted by Gasteiger charge is -2.68. The molecule has 6 rings (SSSR count). The fourth-order valence-electron chi connectivity index (χ4n) is 10.6. The first-order chi connectivity index (χ1) is 15.4. The molecule has 5 unspecified atom stereocenters. The average Bonchev–Trinajstić information content (AvgIpc) is 3.25. The van der Waals surface area contributed by atoms with Gasteiger partial charge in [0, 0.05) is 55.9 Å². The van der Waals surface area contributed by atoms with Crippen molar-refractivity contribution < 1.29 is 28.8 Å². The van der Waals surface area contributed by atoms with Gasteiger partial charge in [-0.05, 0) is 44.1 Å². The highest BCUT2D eigenvalue weighted by Crippen LogP contribution is 2.79. The van der Waals surface area contributed by atoms with E-state index in [9.17, 15) is 10.2 Å². The largest absolute Gasteiger partial charge is 0.472 e. The van der Waals surface area contributed by atoms with E-state index in [1.165, 1.54) is 6.47 Å². The molecule has 5 aliphatic carbocycles. The first-order valence-corrected chi connectivity index (χ1v) is 12.6. The van der Waals surface area contributed by atoms with Gasteiger partial charge in [0.1, 0.15) is 0 Å². The Morgan fingerprint density at radius 3 is 2.72 bits per heavy atom. The maximum atomic E-state index is 12.6. The van der Waals surface area contributed by atoms with Crippen LogP contribution in [0.15, 0.2) is 0 Å². The quantitative estimate of drug-likeness (QED) is 0.468. The molecular formula is C25H40NO6+. The molecule has 12 atom stereocenters. The van der Waals surface area contributed by atoms with Gasteiger partial charge in [0.15, 0.2) is 7.11 Å². The number of hydrogen-bond acceptors (Lipinski definition) is 6. The first-order valence-electron chi connectivity index (χ1n) is 12.6. The highest BCUT2D eigenvalue weighted by molar-refractivity contribution is 5.40. The molecule has 180 valence electrons. The summed E-state index contributed by atoms with van der Waals surface area (Å²) in [5.41, 5.74) is -1.01. The molecule has 6 aliphatic rings. The maximum absolute atomic E-state index is 12.6. The van der Waals surface area contributed by atoms with Gasteiger partial charge in [-0.1, -0.05) is 6.92 Å². The second-order valence-corrected chi connectivity index (χ2v) is 11.7. The molecule has 1 saturated heterocycles. The van der Waals surface area contributed by atoms with Crippen LogP contribution in [0.25, 0.3) is 0 Å². The highest BCUT2D eigenvalue weighted by atomic mass is 16.6. The lowest BCUT2D eigenvalue weighted by molar-refractivity contribution is -0.426. The molecule has 0 radical (unpaired) electrons. The molecule has 1 spiro atoms. The van der Waals surface area contributed by atoms with E-state index < -0.39 is 5.60 Å². The van der Waals surface area contributed by atoms with Crippen molar-refractivity contribution in [1.82, 2.24) is 4.90 Å². The van der Waals surface area contributed by atoms with Crippen LogP contribution in [0.5, 0.6) is 0 Å². The number of rotatable bonds is 6. The zero-order valence-electron chi connectivity index (χ0n) is 19.9. The summed E-state index contributed by atoms with van der Waals surface area (Å²) in [6, 6.07) is 0.213. The summed E-state index contributed by atoms with van der Waals surface area (Å²) in [6.07, 6.45) is 3.88. The SMILES string of the molecule is CCN1C[C@]2(COC)CC[C@H](O)[C@@]34C5C[C@@H]6C(OC)C[C@@](O)(C5[C@H]6OC=[O+]C)C(CC23)[C@@H]14. The van der Waals surface area contributed by atoms with Crippen molar-refractivity contribution in [3.8, 4) is 0 Å². The van der Waals surface area contributed by atoms with Crippen molar-refractivity contribution in [3.63, 3.8) is 0 Å². The minimum atomic E-state index is -0.853. The van der Waals surface area contributed by atoms with Crippen molar-refractivity contribution in [2.24, 2.45) is 40.4 Å². The normalized spacial score (nSPS) is 57.9. The molecule has 0 aromatic carbocycles. The number of fused-ring (bicyclic) bond motifs is 2. The van der Waals surface area contributed by atoms with Crippen molar-refractivity contribution in [1.29, 1.82) is 0 Å². The predicted molar refractivity (Wildman–Crippen MR) is 117 cm³/mol. The average molecular weight is 451 g/mol. The number of likely N-dealkylation sites (tertiary alicyclic amines) is 1. The molecule has 7 heteroatoms. The Bertz CT molecular complexity index is 792. The van der Waals surface area contributed by atoms with Crippen molar-refractivity contribution in [2.45, 2.75) is 69.0 Å². The molecule has 6 fully saturated rings. The maximum Gasteiger partial charge on any atom is 0.472 e. The van der Waals surface area contributed by atoms with Crippen molar-refractivity contribution in [2.75, 3.05) is 41.0 Å². The van der Waals surface area contributed by atoms with E-state index in [1.54, 1.807) is 14.2 Å². The van der Waals surface area contributed by atoms with Crippen LogP contribution in [-0.2, 0) is 18.6 Å². The summed E-state index contributed by atoms with van der Waals surface area (Å²) in [6.45, 7) is 6.35. The van der Waals surface area contributed by atoms with E-state index in [1.807, 2.05) is 7.11 Å². The van der Waals surface area contributed by atoms with Crippen molar-refractivity contribution >= 4 is 6.47 Å². The number of carbonyl (C=O) groups excluding carboxylic acids is 1. The monoisotopic (exact) mass is 450 g/mol. The molecule has 5 saturated carbocycles. The fraction of sp³-hybridized carbons (Fsp3) is 0.960. The number of nitrogens with zero attached hydrogens (tertiary/aromatic N) is 1. The van der Waals surface area contributed by atoms with E-state index in [-0.39, 0.29) is 58.9 Å². The van der Waals surface area contributed by atoms with Gasteiger partial charge in [0.2, 0.25) is 6.10 Å². The molecule has 32 heavy (non-hydrogen) atoms. The van der Waals surface area contributed by atoms with Gasteiger partial charge in [-0.15, -0.1) is 0 Å². The van der Waals surface area contributed by atoms with E-state index in [0.29, 0.717) is 12.3 Å². The zero-order valence-corrected chi connectivity index (χ0v) is 19.9. The van der Waals surface area contributed by atoms with Crippen molar-refractivity contribution in [3.05, 3.63) is 0 Å². The van der Waals surface area contributed by atoms with Gasteiger partial charge in [-0.2, -0.15) is 0 Å². The van der Waals surface area contributed by atoms with Gasteiger partial charge in [0.25, 0.3) is 0 Å². The molecular weight excluding hydrogens is 410 g/mol. The third-order valence-electron chi connectivity index (χ3n) is 11.2. The van der Waals surface area contributed by atoms with Gasteiger partial charge in [-0.3, -0.25) is 4.90 Å². The smallest absolute Gasteiger partial charge is 0.392 e. The minimum absolute atomic E-state index is 0.00125. The number of hydrogen-bond donors (Lipinski definition) is 2. The molecule has 7 nitrogen and oxygen atoms in total. The Morgan fingerprint density at radius 1 is 1.22 bits per heavy atom. The Hall–Kier alpha value is -0.730. The van der Waals surface area contributed by atoms with Crippen LogP contribution in [0.1, 0.15) is 39.0 Å². The number of aliphatic hydroxyl groups is 2. The Balaban J connectivity index is 1.55. The molecule has 1 aliphatic heterocycles. The van der Waals surface area contributed by atoms with E-state index >= 15 is 0 Å². The minimum Gasteiger partial charge on any atom is -0.392 e. The third kappa shape index (κ3) is 2.28. The topological polar surface area (TPSA) is 82.7 Å². The summed E-state index contributed by atoms with van der Waals surface area (Å²) < 4.78 is 23.2. The third-order valence-corrected chi connectivity index (χ3v) is 11.2. The van der Waals surface area contributed by atoms with Crippen LogP contribution in [0.2, 0.25) is 0 Å². The highest BCUT2D eigenvalue weighted by Gasteiger charge is 2.84. The zero-order chi connectivity index (χ0) is 22.5. The molecule has 0 amide bonds. The summed E-state index contributed by atoms with van der Waals surface area (Å²) in [7, 11) is 5.18. The summed E-state index contributed by atoms with van der Waals surface area (Å²) in [4.78, 5) is 2.61. The lowest BCUT2D eigenvalue weighted by Crippen LogP contribution is -2.76. The predicted octanol–water partition coefficient (Wildman–Crippen LogP) is 1.22. The molecule has 0 aromatic heterocycles. The molecule has 2 N–H and O–H groups in total. The van der Waals surface area contributed by atoms with Crippen LogP contribution < -0.4 is 0 Å². The summed E-state index contributed by atoms with van der Waals surface area (Å²) in [5.74, 6) is 0.912. The molecule has 1 heterocycles. The molecule has 0 aromatic rings. The second kappa shape index (κ2) is 7.14. The van der Waals surface area contributed by atoms with Crippen LogP contribution in [0, 0.1) is 40.4 Å². The summed E-state index contributed by atoms with van der Waals surface area (Å²) >= 11 is 0. The van der Waals surface area contributed by atoms with Crippen LogP contribution >= 0.6 is 0 Å². The van der Waals surface area contributed by atoms with Gasteiger partial charge in [0.05, 0.1) is 30.3 Å². The fourth-order valence-corrected chi connectivity index (χ4v) is 10.6. The Kier molecular flexibility index (Phi) is 4.86. The Labute approximate surface area is 191 Å². The van der Waals surface area contributed by atoms with Gasteiger partial charge >= 0.3 is 6.47 Å². The lowest BCUT2D eigenvalue weighted by atomic mass is 9.43. The second-order valence-electron chi connectivity index (χ2n) is 11.7.